The number of pyridine rings is 1. The molecular weight excluding hydrogens is 330 g/mol. The van der Waals surface area contributed by atoms with E-state index in [1.54, 1.807) is 12.1 Å². The first kappa shape index (κ1) is 17.9. The van der Waals surface area contributed by atoms with Crippen LogP contribution in [0.2, 0.25) is 0 Å². The molecule has 1 N–H and O–H groups in total. The maximum atomic E-state index is 11.6. The summed E-state index contributed by atoms with van der Waals surface area (Å²) < 4.78 is 0. The fraction of sp³-hybridized carbons (Fsp3) is 0.235. The molecule has 0 saturated carbocycles. The second kappa shape index (κ2) is 6.98. The average molecular weight is 348 g/mol. The molecule has 0 saturated heterocycles. The summed E-state index contributed by atoms with van der Waals surface area (Å²) in [5.41, 5.74) is 2.27. The van der Waals surface area contributed by atoms with E-state index in [0.29, 0.717) is 23.9 Å². The summed E-state index contributed by atoms with van der Waals surface area (Å²) in [4.78, 5) is 15.7. The number of hydrogen-bond donors (Lipinski definition) is 1. The molecule has 0 aliphatic rings. The van der Waals surface area contributed by atoms with Crippen LogP contribution >= 0.6 is 12.4 Å². The summed E-state index contributed by atoms with van der Waals surface area (Å²) in [6.07, 6.45) is 0.681. The molecule has 1 aromatic heterocycles. The monoisotopic (exact) mass is 347 g/mol. The Morgan fingerprint density at radius 3 is 2.67 bits per heavy atom. The third kappa shape index (κ3) is 2.98. The Kier molecular flexibility index (Phi) is 5.21. The van der Waals surface area contributed by atoms with Gasteiger partial charge in [-0.25, -0.2) is 4.98 Å². The molecular formula is C17H18ClN3O3. The highest BCUT2D eigenvalue weighted by Gasteiger charge is 2.24. The Bertz CT molecular complexity index is 914. The first-order valence-electron chi connectivity index (χ1n) is 7.46. The quantitative estimate of drug-likeness (QED) is 0.422. The predicted molar refractivity (Wildman–Crippen MR) is 97.3 cm³/mol. The number of hydrogen-bond acceptors (Lipinski definition) is 5. The van der Waals surface area contributed by atoms with E-state index in [4.69, 9.17) is 0 Å². The van der Waals surface area contributed by atoms with Gasteiger partial charge in [-0.05, 0) is 37.1 Å². The van der Waals surface area contributed by atoms with Crippen molar-refractivity contribution in [2.24, 2.45) is 0 Å². The van der Waals surface area contributed by atoms with Gasteiger partial charge in [-0.1, -0.05) is 25.1 Å². The zero-order valence-corrected chi connectivity index (χ0v) is 14.2. The molecule has 0 amide bonds. The van der Waals surface area contributed by atoms with Crippen molar-refractivity contribution in [2.45, 2.75) is 20.3 Å². The average Bonchev–Trinajstić information content (AvgIpc) is 2.53. The summed E-state index contributed by atoms with van der Waals surface area (Å²) in [7, 11) is 0. The van der Waals surface area contributed by atoms with Crippen LogP contribution in [0.5, 0.6) is 0 Å². The van der Waals surface area contributed by atoms with E-state index in [2.05, 4.69) is 4.98 Å². The number of anilines is 1. The van der Waals surface area contributed by atoms with E-state index in [-0.39, 0.29) is 23.8 Å². The van der Waals surface area contributed by atoms with Gasteiger partial charge in [0.15, 0.2) is 0 Å². The molecule has 0 aliphatic heterocycles. The molecule has 2 aromatic carbocycles. The maximum Gasteiger partial charge on any atom is 0.304 e. The standard InChI is InChI=1S/C17H17N3O3.ClH/c1-3-8-19(21)15-9-11(2)16-13(17(15)20(22)23)10-12-6-4-5-7-14(12)18-16;/h4-7,9-10,21H,3,8H2,1-2H3;1H. The van der Waals surface area contributed by atoms with Crippen LogP contribution in [0.25, 0.3) is 21.8 Å². The van der Waals surface area contributed by atoms with Crippen molar-refractivity contribution < 1.29 is 10.1 Å². The summed E-state index contributed by atoms with van der Waals surface area (Å²) in [5.74, 6) is 0. The van der Waals surface area contributed by atoms with Gasteiger partial charge in [0.25, 0.3) is 0 Å². The first-order chi connectivity index (χ1) is 11.0. The minimum atomic E-state index is -0.452. The van der Waals surface area contributed by atoms with Gasteiger partial charge in [0, 0.05) is 11.9 Å². The van der Waals surface area contributed by atoms with Crippen LogP contribution in [0.1, 0.15) is 18.9 Å². The first-order valence-corrected chi connectivity index (χ1v) is 7.46. The number of aryl methyl sites for hydroxylation is 1. The number of benzene rings is 2. The third-order valence-corrected chi connectivity index (χ3v) is 3.84. The predicted octanol–water partition coefficient (Wildman–Crippen LogP) is 4.63. The van der Waals surface area contributed by atoms with Gasteiger partial charge in [-0.15, -0.1) is 12.4 Å². The Balaban J connectivity index is 0.00000208. The number of halogens is 1. The second-order valence-electron chi connectivity index (χ2n) is 5.52. The molecule has 6 nitrogen and oxygen atoms in total. The number of nitro benzene ring substituents is 1. The Labute approximate surface area is 145 Å². The zero-order valence-electron chi connectivity index (χ0n) is 13.4. The number of aromatic nitrogens is 1. The summed E-state index contributed by atoms with van der Waals surface area (Å²) in [6.45, 7) is 4.07. The number of fused-ring (bicyclic) bond motifs is 2. The van der Waals surface area contributed by atoms with Crippen molar-refractivity contribution in [3.05, 3.63) is 52.1 Å². The van der Waals surface area contributed by atoms with E-state index < -0.39 is 4.92 Å². The van der Waals surface area contributed by atoms with Crippen LogP contribution in [-0.2, 0) is 0 Å². The largest absolute Gasteiger partial charge is 0.304 e. The van der Waals surface area contributed by atoms with Crippen LogP contribution < -0.4 is 5.06 Å². The van der Waals surface area contributed by atoms with Crippen molar-refractivity contribution >= 4 is 45.6 Å². The lowest BCUT2D eigenvalue weighted by atomic mass is 10.0. The molecule has 3 aromatic rings. The zero-order chi connectivity index (χ0) is 16.6. The van der Waals surface area contributed by atoms with Crippen molar-refractivity contribution in [1.82, 2.24) is 4.98 Å². The van der Waals surface area contributed by atoms with Crippen molar-refractivity contribution in [3.63, 3.8) is 0 Å². The van der Waals surface area contributed by atoms with Crippen LogP contribution in [0, 0.1) is 17.0 Å². The van der Waals surface area contributed by atoms with Crippen LogP contribution in [0.3, 0.4) is 0 Å². The molecule has 126 valence electrons. The van der Waals surface area contributed by atoms with Crippen molar-refractivity contribution in [2.75, 3.05) is 11.6 Å². The molecule has 0 spiro atoms. The normalized spacial score (nSPS) is 10.6. The van der Waals surface area contributed by atoms with E-state index in [1.165, 1.54) is 0 Å². The Morgan fingerprint density at radius 2 is 2.00 bits per heavy atom. The smallest absolute Gasteiger partial charge is 0.288 e. The summed E-state index contributed by atoms with van der Waals surface area (Å²) in [6, 6.07) is 10.9. The summed E-state index contributed by atoms with van der Waals surface area (Å²) >= 11 is 0. The highest BCUT2D eigenvalue weighted by molar-refractivity contribution is 6.02. The van der Waals surface area contributed by atoms with Crippen molar-refractivity contribution in [3.8, 4) is 0 Å². The number of para-hydroxylation sites is 1. The topological polar surface area (TPSA) is 79.5 Å². The van der Waals surface area contributed by atoms with Crippen LogP contribution in [-0.4, -0.2) is 21.7 Å². The SMILES string of the molecule is CCCN(O)c1cc(C)c2nc3ccccc3cc2c1[N+](=O)[O-].Cl. The van der Waals surface area contributed by atoms with Gasteiger partial charge < -0.3 is 0 Å². The lowest BCUT2D eigenvalue weighted by molar-refractivity contribution is -0.382. The number of hydroxylamine groups is 1. The van der Waals surface area contributed by atoms with Gasteiger partial charge >= 0.3 is 5.69 Å². The highest BCUT2D eigenvalue weighted by atomic mass is 35.5. The lowest BCUT2D eigenvalue weighted by Gasteiger charge is -2.18. The van der Waals surface area contributed by atoms with Crippen molar-refractivity contribution in [1.29, 1.82) is 0 Å². The molecule has 0 unspecified atom stereocenters. The third-order valence-electron chi connectivity index (χ3n) is 3.84. The maximum absolute atomic E-state index is 11.6. The second-order valence-corrected chi connectivity index (χ2v) is 5.52. The fourth-order valence-electron chi connectivity index (χ4n) is 2.80. The van der Waals surface area contributed by atoms with Crippen LogP contribution in [0.15, 0.2) is 36.4 Å². The molecule has 3 rings (SSSR count). The fourth-order valence-corrected chi connectivity index (χ4v) is 2.80. The number of nitro groups is 1. The molecule has 7 heteroatoms. The molecule has 0 aliphatic carbocycles. The van der Waals surface area contributed by atoms with Gasteiger partial charge in [0.2, 0.25) is 0 Å². The molecule has 24 heavy (non-hydrogen) atoms. The lowest BCUT2D eigenvalue weighted by Crippen LogP contribution is -2.20. The molecule has 0 radical (unpaired) electrons. The number of rotatable bonds is 4. The minimum absolute atomic E-state index is 0. The van der Waals surface area contributed by atoms with Crippen LogP contribution in [0.4, 0.5) is 11.4 Å². The molecule has 0 bridgehead atoms. The van der Waals surface area contributed by atoms with E-state index in [1.807, 2.05) is 38.1 Å². The van der Waals surface area contributed by atoms with E-state index >= 15 is 0 Å². The van der Waals surface area contributed by atoms with E-state index in [0.717, 1.165) is 21.5 Å². The molecule has 0 atom stereocenters. The van der Waals surface area contributed by atoms with Gasteiger partial charge in [-0.2, -0.15) is 0 Å². The number of nitrogens with zero attached hydrogens (tertiary/aromatic N) is 3. The minimum Gasteiger partial charge on any atom is -0.288 e. The highest BCUT2D eigenvalue weighted by Crippen LogP contribution is 2.38. The summed E-state index contributed by atoms with van der Waals surface area (Å²) in [5, 5.41) is 24.0. The Morgan fingerprint density at radius 1 is 1.29 bits per heavy atom. The van der Waals surface area contributed by atoms with Gasteiger partial charge in [-0.3, -0.25) is 20.4 Å². The Hall–Kier alpha value is -2.44. The van der Waals surface area contributed by atoms with Gasteiger partial charge in [0.05, 0.1) is 21.3 Å². The van der Waals surface area contributed by atoms with Gasteiger partial charge in [0.1, 0.15) is 5.69 Å². The van der Waals surface area contributed by atoms with E-state index in [9.17, 15) is 15.3 Å². The molecule has 0 fully saturated rings. The molecule has 1 heterocycles.